The molecule has 0 fully saturated rings. The molecule has 5 nitrogen and oxygen atoms in total. The van der Waals surface area contributed by atoms with Gasteiger partial charge in [-0.25, -0.2) is 0 Å². The van der Waals surface area contributed by atoms with E-state index in [9.17, 15) is 0 Å². The molecule has 0 saturated carbocycles. The largest absolute Gasteiger partial charge is 0.481 e. The molecule has 0 bridgehead atoms. The van der Waals surface area contributed by atoms with E-state index in [0.717, 1.165) is 0 Å². The van der Waals surface area contributed by atoms with Crippen molar-refractivity contribution in [2.75, 3.05) is 26.4 Å². The maximum Gasteiger partial charge on any atom is 0.481 e. The monoisotopic (exact) mass is 168 g/mol. The van der Waals surface area contributed by atoms with E-state index in [0.29, 0.717) is 0 Å². The van der Waals surface area contributed by atoms with Gasteiger partial charge in [0.1, 0.15) is 0 Å². The Labute approximate surface area is 60.8 Å². The summed E-state index contributed by atoms with van der Waals surface area (Å²) in [4.78, 5) is 8.78. The van der Waals surface area contributed by atoms with Gasteiger partial charge in [0, 0.05) is 0 Å². The molecule has 0 amide bonds. The molecule has 0 atom stereocenters. The minimum atomic E-state index is -2.56. The fourth-order valence-corrected chi connectivity index (χ4v) is 1.07. The number of aliphatic hydroxyl groups excluding tert-OH is 2. The van der Waals surface area contributed by atoms with E-state index in [-0.39, 0.29) is 26.4 Å². The van der Waals surface area contributed by atoms with Crippen LogP contribution in [0.4, 0.5) is 0 Å². The summed E-state index contributed by atoms with van der Waals surface area (Å²) >= 11 is 0. The Morgan fingerprint density at radius 2 is 1.40 bits per heavy atom. The molecule has 0 aliphatic carbocycles. The first-order valence-electron chi connectivity index (χ1n) is 2.94. The smallest absolute Gasteiger partial charge is 0.394 e. The summed E-state index contributed by atoms with van der Waals surface area (Å²) in [6, 6.07) is 0. The fourth-order valence-electron chi connectivity index (χ4n) is 0.355. The summed E-state index contributed by atoms with van der Waals surface area (Å²) in [7, 11) is -2.56. The normalized spacial score (nSPS) is 10.8. The Bertz CT molecular complexity index is 62.7. The van der Waals surface area contributed by atoms with Gasteiger partial charge in [-0.3, -0.25) is 0 Å². The maximum absolute atomic E-state index is 8.78. The van der Waals surface area contributed by atoms with Crippen LogP contribution in [-0.4, -0.2) is 51.0 Å². The highest BCUT2D eigenvalue weighted by molar-refractivity contribution is 6.34. The number of hydrogen-bond donors (Lipinski definition) is 3. The number of aliphatic hydroxyl groups is 2. The van der Waals surface area contributed by atoms with Crippen molar-refractivity contribution >= 4 is 9.53 Å². The lowest BCUT2D eigenvalue weighted by Gasteiger charge is -2.07. The van der Waals surface area contributed by atoms with Gasteiger partial charge in [0.15, 0.2) is 0 Å². The lowest BCUT2D eigenvalue weighted by molar-refractivity contribution is 0.0917. The Balaban J connectivity index is 3.00. The predicted molar refractivity (Wildman–Crippen MR) is 35.4 cm³/mol. The summed E-state index contributed by atoms with van der Waals surface area (Å²) < 4.78 is 9.21. The molecule has 0 aromatic heterocycles. The zero-order valence-corrected chi connectivity index (χ0v) is 6.72. The molecule has 0 aliphatic heterocycles. The summed E-state index contributed by atoms with van der Waals surface area (Å²) in [6.45, 7) is -0.100. The summed E-state index contributed by atoms with van der Waals surface area (Å²) in [5, 5.41) is 16.4. The van der Waals surface area contributed by atoms with Gasteiger partial charge in [0.25, 0.3) is 0 Å². The van der Waals surface area contributed by atoms with Crippen molar-refractivity contribution in [3.63, 3.8) is 0 Å². The Morgan fingerprint density at radius 1 is 1.00 bits per heavy atom. The van der Waals surface area contributed by atoms with Crippen LogP contribution in [-0.2, 0) is 8.85 Å². The zero-order valence-electron chi connectivity index (χ0n) is 5.56. The van der Waals surface area contributed by atoms with Crippen LogP contribution in [0.3, 0.4) is 0 Å². The summed E-state index contributed by atoms with van der Waals surface area (Å²) in [5.41, 5.74) is 0. The minimum absolute atomic E-state index is 0.0822. The van der Waals surface area contributed by atoms with Crippen molar-refractivity contribution in [2.45, 2.75) is 0 Å². The van der Waals surface area contributed by atoms with E-state index in [4.69, 9.17) is 15.0 Å². The Hall–Kier alpha value is 0.0169. The zero-order chi connectivity index (χ0) is 7.82. The van der Waals surface area contributed by atoms with Crippen LogP contribution >= 0.6 is 0 Å². The average Bonchev–Trinajstić information content (AvgIpc) is 1.97. The minimum Gasteiger partial charge on any atom is -0.394 e. The first-order valence-corrected chi connectivity index (χ1v) is 4.40. The van der Waals surface area contributed by atoms with Gasteiger partial charge >= 0.3 is 9.53 Å². The second-order valence-corrected chi connectivity index (χ2v) is 2.78. The molecule has 0 saturated heterocycles. The highest BCUT2D eigenvalue weighted by Gasteiger charge is 2.07. The maximum atomic E-state index is 8.78. The van der Waals surface area contributed by atoms with Crippen molar-refractivity contribution in [1.29, 1.82) is 0 Å². The lowest BCUT2D eigenvalue weighted by atomic mass is 10.8. The van der Waals surface area contributed by atoms with E-state index in [1.165, 1.54) is 0 Å². The van der Waals surface area contributed by atoms with Crippen LogP contribution in [0.15, 0.2) is 0 Å². The van der Waals surface area contributed by atoms with E-state index < -0.39 is 9.53 Å². The van der Waals surface area contributed by atoms with E-state index in [2.05, 4.69) is 8.85 Å². The highest BCUT2D eigenvalue weighted by atomic mass is 28.3. The van der Waals surface area contributed by atoms with Crippen LogP contribution in [0.2, 0.25) is 0 Å². The van der Waals surface area contributed by atoms with Gasteiger partial charge in [-0.2, -0.15) is 0 Å². The molecule has 0 spiro atoms. The second kappa shape index (κ2) is 7.13. The van der Waals surface area contributed by atoms with Crippen molar-refractivity contribution in [2.24, 2.45) is 0 Å². The third kappa shape index (κ3) is 6.14. The van der Waals surface area contributed by atoms with E-state index >= 15 is 0 Å². The molecule has 0 rings (SSSR count). The molecule has 6 heteroatoms. The molecule has 0 aromatic rings. The molecule has 3 N–H and O–H groups in total. The molecule has 0 unspecified atom stereocenters. The quantitative estimate of drug-likeness (QED) is 0.389. The second-order valence-electron chi connectivity index (χ2n) is 1.50. The van der Waals surface area contributed by atoms with Gasteiger partial charge in [-0.05, 0) is 0 Å². The van der Waals surface area contributed by atoms with Crippen molar-refractivity contribution in [3.8, 4) is 0 Å². The number of hydrogen-bond acceptors (Lipinski definition) is 5. The molecule has 0 aromatic carbocycles. The van der Waals surface area contributed by atoms with Crippen LogP contribution in [0.25, 0.3) is 0 Å². The third-order valence-corrected chi connectivity index (χ3v) is 1.75. The van der Waals surface area contributed by atoms with Crippen molar-refractivity contribution in [1.82, 2.24) is 0 Å². The van der Waals surface area contributed by atoms with Gasteiger partial charge in [0.05, 0.1) is 26.4 Å². The summed E-state index contributed by atoms with van der Waals surface area (Å²) in [6.07, 6.45) is 0. The molecule has 0 radical (unpaired) electrons. The lowest BCUT2D eigenvalue weighted by Crippen LogP contribution is -2.25. The van der Waals surface area contributed by atoms with Crippen LogP contribution in [0.1, 0.15) is 0 Å². The van der Waals surface area contributed by atoms with Crippen molar-refractivity contribution in [3.05, 3.63) is 0 Å². The Kier molecular flexibility index (Phi) is 7.14. The van der Waals surface area contributed by atoms with Gasteiger partial charge in [-0.1, -0.05) is 0 Å². The molecule has 62 valence electrons. The first-order chi connectivity index (χ1) is 4.81. The molecule has 0 heterocycles. The molecular weight excluding hydrogens is 156 g/mol. The molecule has 10 heavy (non-hydrogen) atoms. The van der Waals surface area contributed by atoms with E-state index in [1.54, 1.807) is 0 Å². The van der Waals surface area contributed by atoms with Crippen LogP contribution in [0.5, 0.6) is 0 Å². The predicted octanol–water partition coefficient (Wildman–Crippen LogP) is -2.29. The SMILES string of the molecule is OCCO[SiH](O)OCCO. The van der Waals surface area contributed by atoms with Gasteiger partial charge < -0.3 is 23.9 Å². The standard InChI is InChI=1S/C4H12O5Si/c5-1-3-8-10(7)9-4-2-6/h5-7,10H,1-4H2. The average molecular weight is 168 g/mol. The van der Waals surface area contributed by atoms with Gasteiger partial charge in [0.2, 0.25) is 0 Å². The summed E-state index contributed by atoms with van der Waals surface area (Å²) in [5.74, 6) is 0. The van der Waals surface area contributed by atoms with Crippen LogP contribution in [0, 0.1) is 0 Å². The van der Waals surface area contributed by atoms with Crippen LogP contribution < -0.4 is 0 Å². The van der Waals surface area contributed by atoms with Crippen molar-refractivity contribution < 1.29 is 23.9 Å². The first kappa shape index (κ1) is 10.0. The highest BCUT2D eigenvalue weighted by Crippen LogP contribution is 1.82. The Morgan fingerprint density at radius 3 is 1.70 bits per heavy atom. The molecule has 0 aliphatic rings. The van der Waals surface area contributed by atoms with E-state index in [1.807, 2.05) is 0 Å². The van der Waals surface area contributed by atoms with Gasteiger partial charge in [-0.15, -0.1) is 0 Å². The molecular formula is C4H12O5Si. The third-order valence-electron chi connectivity index (χ3n) is 0.703. The topological polar surface area (TPSA) is 79.2 Å². The number of rotatable bonds is 6. The fraction of sp³-hybridized carbons (Fsp3) is 1.00.